The Morgan fingerprint density at radius 3 is 2.31 bits per heavy atom. The van der Waals surface area contributed by atoms with Crippen LogP contribution in [0.2, 0.25) is 0 Å². The Bertz CT molecular complexity index is 1590. The Hall–Kier alpha value is -4.42. The van der Waals surface area contributed by atoms with Gasteiger partial charge in [0.05, 0.1) is 30.6 Å². The zero-order chi connectivity index (χ0) is 29.9. The maximum absolute atomic E-state index is 13.2. The Labute approximate surface area is 241 Å². The number of anilines is 2. The van der Waals surface area contributed by atoms with Crippen LogP contribution < -0.4 is 20.1 Å². The molecule has 0 unspecified atom stereocenters. The van der Waals surface area contributed by atoms with Crippen LogP contribution in [0.1, 0.15) is 17.1 Å². The summed E-state index contributed by atoms with van der Waals surface area (Å²) < 4.78 is 51.0. The number of benzene rings is 3. The number of ether oxygens (including phenoxy) is 2. The summed E-state index contributed by atoms with van der Waals surface area (Å²) in [6, 6.07) is 14.6. The number of aryl methyl sites for hydroxylation is 1. The van der Waals surface area contributed by atoms with Crippen LogP contribution in [-0.2, 0) is 12.7 Å². The number of amides is 2. The smallest absolute Gasteiger partial charge is 0.416 e. The lowest BCUT2D eigenvalue weighted by molar-refractivity contribution is -0.137. The third kappa shape index (κ3) is 6.89. The molecule has 1 saturated heterocycles. The van der Waals surface area contributed by atoms with Crippen LogP contribution >= 0.6 is 0 Å². The second-order valence-corrected chi connectivity index (χ2v) is 10.1. The molecule has 12 heteroatoms. The van der Waals surface area contributed by atoms with Gasteiger partial charge in [0.25, 0.3) is 0 Å². The summed E-state index contributed by atoms with van der Waals surface area (Å²) in [5, 5.41) is 6.57. The molecule has 2 N–H and O–H groups in total. The minimum absolute atomic E-state index is 0.0962. The molecule has 9 nitrogen and oxygen atoms in total. The quantitative estimate of drug-likeness (QED) is 0.271. The molecular weight excluding hydrogens is 549 g/mol. The van der Waals surface area contributed by atoms with Crippen molar-refractivity contribution < 1.29 is 27.4 Å². The van der Waals surface area contributed by atoms with Gasteiger partial charge < -0.3 is 25.0 Å². The molecule has 1 fully saturated rings. The predicted molar refractivity (Wildman–Crippen MR) is 154 cm³/mol. The number of rotatable bonds is 7. The molecule has 0 saturated carbocycles. The van der Waals surface area contributed by atoms with Crippen molar-refractivity contribution in [2.24, 2.45) is 0 Å². The summed E-state index contributed by atoms with van der Waals surface area (Å²) >= 11 is 0. The van der Waals surface area contributed by atoms with Gasteiger partial charge in [-0.05, 0) is 44.3 Å². The normalized spacial score (nSPS) is 14.5. The van der Waals surface area contributed by atoms with Gasteiger partial charge in [-0.2, -0.15) is 18.2 Å². The van der Waals surface area contributed by atoms with Gasteiger partial charge in [0.2, 0.25) is 5.88 Å². The zero-order valence-corrected chi connectivity index (χ0v) is 23.5. The van der Waals surface area contributed by atoms with E-state index in [0.29, 0.717) is 40.5 Å². The van der Waals surface area contributed by atoms with Crippen molar-refractivity contribution in [1.82, 2.24) is 19.8 Å². The van der Waals surface area contributed by atoms with Crippen molar-refractivity contribution in [3.63, 3.8) is 0 Å². The highest BCUT2D eigenvalue weighted by atomic mass is 19.4. The second kappa shape index (κ2) is 12.2. The number of nitrogens with zero attached hydrogens (tertiary/aromatic N) is 4. The number of aromatic nitrogens is 2. The average molecular weight is 581 g/mol. The van der Waals surface area contributed by atoms with E-state index in [4.69, 9.17) is 9.47 Å². The van der Waals surface area contributed by atoms with E-state index in [1.165, 1.54) is 7.11 Å². The van der Waals surface area contributed by atoms with Gasteiger partial charge >= 0.3 is 12.2 Å². The number of urea groups is 1. The van der Waals surface area contributed by atoms with E-state index < -0.39 is 17.8 Å². The third-order valence-corrected chi connectivity index (χ3v) is 6.96. The molecule has 0 aliphatic carbocycles. The molecule has 42 heavy (non-hydrogen) atoms. The van der Waals surface area contributed by atoms with Crippen LogP contribution in [0.3, 0.4) is 0 Å². The maximum Gasteiger partial charge on any atom is 0.416 e. The lowest BCUT2D eigenvalue weighted by Crippen LogP contribution is -2.44. The summed E-state index contributed by atoms with van der Waals surface area (Å²) in [6.45, 7) is 6.39. The number of nitrogens with one attached hydrogen (secondary N) is 2. The number of carbonyl (C=O) groups is 1. The van der Waals surface area contributed by atoms with Gasteiger partial charge in [0, 0.05) is 48.7 Å². The number of carbonyl (C=O) groups excluding carboxylic acids is 1. The number of methoxy groups -OCH3 is 1. The molecule has 0 atom stereocenters. The van der Waals surface area contributed by atoms with E-state index >= 15 is 0 Å². The van der Waals surface area contributed by atoms with Gasteiger partial charge in [-0.1, -0.05) is 24.3 Å². The Morgan fingerprint density at radius 2 is 1.60 bits per heavy atom. The van der Waals surface area contributed by atoms with Crippen molar-refractivity contribution in [3.05, 3.63) is 77.7 Å². The molecule has 1 aliphatic heterocycles. The summed E-state index contributed by atoms with van der Waals surface area (Å²) in [7, 11) is 3.42. The molecule has 220 valence electrons. The molecule has 5 rings (SSSR count). The number of alkyl halides is 3. The second-order valence-electron chi connectivity index (χ2n) is 10.1. The van der Waals surface area contributed by atoms with E-state index in [2.05, 4.69) is 37.4 Å². The van der Waals surface area contributed by atoms with E-state index in [1.54, 1.807) is 18.2 Å². The molecule has 2 heterocycles. The SMILES string of the molecule is COc1ccc(C(F)(F)F)cc1NC(=O)Nc1ccc(Oc2cc(C)nc(CN3CCN(C)CC3)n2)c2ccccc12. The van der Waals surface area contributed by atoms with Gasteiger partial charge in [-0.25, -0.2) is 9.78 Å². The van der Waals surface area contributed by atoms with Crippen molar-refractivity contribution in [2.75, 3.05) is 51.0 Å². The van der Waals surface area contributed by atoms with E-state index in [1.807, 2.05) is 31.2 Å². The number of fused-ring (bicyclic) bond motifs is 1. The third-order valence-electron chi connectivity index (χ3n) is 6.96. The average Bonchev–Trinajstić information content (AvgIpc) is 2.95. The standard InChI is InChI=1S/C30H31F3N6O3/c1-19-16-28(37-27(34-19)18-39-14-12-38(2)13-15-39)42-25-11-9-23(21-6-4-5-7-22(21)25)35-29(40)36-24-17-20(30(31,32)33)8-10-26(24)41-3/h4-11,16-17H,12-15,18H2,1-3H3,(H2,35,36,40). The molecule has 1 aromatic heterocycles. The first-order valence-corrected chi connectivity index (χ1v) is 13.4. The largest absolute Gasteiger partial charge is 0.495 e. The first-order valence-electron chi connectivity index (χ1n) is 13.4. The van der Waals surface area contributed by atoms with Crippen molar-refractivity contribution in [1.29, 1.82) is 0 Å². The minimum atomic E-state index is -4.57. The van der Waals surface area contributed by atoms with Crippen LogP contribution in [0.5, 0.6) is 17.4 Å². The molecule has 0 spiro atoms. The molecule has 0 bridgehead atoms. The van der Waals surface area contributed by atoms with Crippen LogP contribution in [0.25, 0.3) is 10.8 Å². The highest BCUT2D eigenvalue weighted by molar-refractivity contribution is 6.08. The number of likely N-dealkylation sites (N-methyl/N-ethyl adjacent to an activating group) is 1. The monoisotopic (exact) mass is 580 g/mol. The van der Waals surface area contributed by atoms with Crippen LogP contribution in [0, 0.1) is 6.92 Å². The van der Waals surface area contributed by atoms with Crippen molar-refractivity contribution >= 4 is 28.2 Å². The molecule has 1 aliphatic rings. The number of halogens is 3. The first kappa shape index (κ1) is 29.1. The Kier molecular flexibility index (Phi) is 8.46. The van der Waals surface area contributed by atoms with Crippen LogP contribution in [0.15, 0.2) is 60.7 Å². The topological polar surface area (TPSA) is 91.8 Å². The van der Waals surface area contributed by atoms with E-state index in [0.717, 1.165) is 50.1 Å². The fraction of sp³-hybridized carbons (Fsp3) is 0.300. The minimum Gasteiger partial charge on any atom is -0.495 e. The molecule has 0 radical (unpaired) electrons. The fourth-order valence-corrected chi connectivity index (χ4v) is 4.77. The Morgan fingerprint density at radius 1 is 0.905 bits per heavy atom. The molecule has 3 aromatic carbocycles. The summed E-state index contributed by atoms with van der Waals surface area (Å²) in [5.41, 5.74) is 0.210. The molecule has 2 amide bonds. The first-order chi connectivity index (χ1) is 20.1. The summed E-state index contributed by atoms with van der Waals surface area (Å²) in [6.07, 6.45) is -4.57. The number of hydrogen-bond acceptors (Lipinski definition) is 7. The molecule has 4 aromatic rings. The maximum atomic E-state index is 13.2. The zero-order valence-electron chi connectivity index (χ0n) is 23.5. The highest BCUT2D eigenvalue weighted by Crippen LogP contribution is 2.36. The molecular formula is C30H31F3N6O3. The summed E-state index contributed by atoms with van der Waals surface area (Å²) in [5.74, 6) is 1.71. The van der Waals surface area contributed by atoms with Gasteiger partial charge in [0.1, 0.15) is 17.3 Å². The number of piperazine rings is 1. The van der Waals surface area contributed by atoms with Crippen LogP contribution in [-0.4, -0.2) is 66.1 Å². The van der Waals surface area contributed by atoms with Crippen molar-refractivity contribution in [2.45, 2.75) is 19.6 Å². The van der Waals surface area contributed by atoms with Crippen LogP contribution in [0.4, 0.5) is 29.3 Å². The predicted octanol–water partition coefficient (Wildman–Crippen LogP) is 6.15. The number of hydrogen-bond donors (Lipinski definition) is 2. The lowest BCUT2D eigenvalue weighted by Gasteiger charge is -2.31. The Balaban J connectivity index is 1.35. The highest BCUT2D eigenvalue weighted by Gasteiger charge is 2.31. The van der Waals surface area contributed by atoms with Gasteiger partial charge in [-0.3, -0.25) is 4.90 Å². The lowest BCUT2D eigenvalue weighted by atomic mass is 10.1. The van der Waals surface area contributed by atoms with E-state index in [-0.39, 0.29) is 11.4 Å². The van der Waals surface area contributed by atoms with Crippen molar-refractivity contribution in [3.8, 4) is 17.4 Å². The van der Waals surface area contributed by atoms with E-state index in [9.17, 15) is 18.0 Å². The van der Waals surface area contributed by atoms with Gasteiger partial charge in [-0.15, -0.1) is 0 Å². The fourth-order valence-electron chi connectivity index (χ4n) is 4.77. The summed E-state index contributed by atoms with van der Waals surface area (Å²) in [4.78, 5) is 26.7. The van der Waals surface area contributed by atoms with Gasteiger partial charge in [0.15, 0.2) is 0 Å².